The molecule has 0 spiro atoms. The van der Waals surface area contributed by atoms with Crippen LogP contribution in [0, 0.1) is 0 Å². The second-order valence-electron chi connectivity index (χ2n) is 8.22. The number of hydrogen-bond acceptors (Lipinski definition) is 7. The fourth-order valence-corrected chi connectivity index (χ4v) is 4.32. The van der Waals surface area contributed by atoms with E-state index < -0.39 is 0 Å². The lowest BCUT2D eigenvalue weighted by molar-refractivity contribution is 0.483. The molecule has 0 saturated carbocycles. The summed E-state index contributed by atoms with van der Waals surface area (Å²) in [4.78, 5) is 12.0. The Bertz CT molecular complexity index is 1250. The maximum atomic E-state index is 5.89. The van der Waals surface area contributed by atoms with E-state index in [1.807, 2.05) is 60.7 Å². The molecule has 0 saturated heterocycles. The van der Waals surface area contributed by atoms with E-state index in [2.05, 4.69) is 45.3 Å². The van der Waals surface area contributed by atoms with Crippen molar-refractivity contribution in [1.82, 2.24) is 15.4 Å². The average Bonchev–Trinajstić information content (AvgIpc) is 3.27. The highest BCUT2D eigenvalue weighted by Gasteiger charge is 2.34. The van der Waals surface area contributed by atoms with Crippen LogP contribution in [0.4, 0.5) is 23.3 Å². The molecule has 164 valence electrons. The Morgan fingerprint density at radius 1 is 0.879 bits per heavy atom. The number of benzene rings is 3. The number of anilines is 4. The summed E-state index contributed by atoms with van der Waals surface area (Å²) in [7, 11) is 0. The summed E-state index contributed by atoms with van der Waals surface area (Å²) in [5.74, 6) is 3.97. The average molecular weight is 437 g/mol. The fraction of sp³-hybridized carbons (Fsp3) is 0.154. The molecule has 3 heterocycles. The summed E-state index contributed by atoms with van der Waals surface area (Å²) < 4.78 is 5.89. The molecule has 1 aromatic heterocycles. The number of hydrazine groups is 1. The Morgan fingerprint density at radius 2 is 1.61 bits per heavy atom. The molecule has 0 bridgehead atoms. The minimum atomic E-state index is 0.241. The summed E-state index contributed by atoms with van der Waals surface area (Å²) >= 11 is 0. The molecule has 7 heteroatoms. The highest BCUT2D eigenvalue weighted by Crippen LogP contribution is 2.41. The molecule has 33 heavy (non-hydrogen) atoms. The van der Waals surface area contributed by atoms with Crippen LogP contribution in [-0.2, 0) is 6.54 Å². The van der Waals surface area contributed by atoms with Crippen molar-refractivity contribution >= 4 is 23.3 Å². The van der Waals surface area contributed by atoms with Gasteiger partial charge in [0, 0.05) is 18.8 Å². The molecule has 6 rings (SSSR count). The van der Waals surface area contributed by atoms with Crippen molar-refractivity contribution in [2.75, 3.05) is 22.2 Å². The predicted octanol–water partition coefficient (Wildman–Crippen LogP) is 5.39. The molecule has 0 fully saturated rings. The standard InChI is InChI=1S/C26H24N6O/c1-3-7-18(8-4-1)17-32-16-15-22-23-24(31-30-22)28-26(29-25(23)32)27-19-11-13-21(14-12-19)33-20-9-5-2-6-10-20/h1-14,22,30H,15-17H2,(H2,27,28,29,31). The van der Waals surface area contributed by atoms with Gasteiger partial charge >= 0.3 is 0 Å². The van der Waals surface area contributed by atoms with E-state index in [0.29, 0.717) is 5.95 Å². The van der Waals surface area contributed by atoms with Crippen LogP contribution in [-0.4, -0.2) is 16.5 Å². The number of nitrogens with one attached hydrogen (secondary N) is 3. The van der Waals surface area contributed by atoms with Crippen LogP contribution in [0.3, 0.4) is 0 Å². The highest BCUT2D eigenvalue weighted by molar-refractivity contribution is 5.69. The van der Waals surface area contributed by atoms with E-state index in [1.165, 1.54) is 5.56 Å². The number of aromatic nitrogens is 2. The van der Waals surface area contributed by atoms with E-state index in [0.717, 1.165) is 53.9 Å². The van der Waals surface area contributed by atoms with Crippen molar-refractivity contribution in [2.45, 2.75) is 19.0 Å². The summed E-state index contributed by atoms with van der Waals surface area (Å²) in [6.45, 7) is 1.75. The van der Waals surface area contributed by atoms with Gasteiger partial charge in [-0.3, -0.25) is 0 Å². The molecule has 1 atom stereocenters. The summed E-state index contributed by atoms with van der Waals surface area (Å²) in [6, 6.07) is 28.3. The Hall–Kier alpha value is -4.10. The van der Waals surface area contributed by atoms with E-state index >= 15 is 0 Å². The maximum absolute atomic E-state index is 5.89. The van der Waals surface area contributed by atoms with Gasteiger partial charge in [-0.1, -0.05) is 48.5 Å². The molecule has 0 amide bonds. The zero-order chi connectivity index (χ0) is 22.0. The summed E-state index contributed by atoms with van der Waals surface area (Å²) in [6.07, 6.45) is 1.01. The maximum Gasteiger partial charge on any atom is 0.231 e. The van der Waals surface area contributed by atoms with Crippen LogP contribution in [0.2, 0.25) is 0 Å². The topological polar surface area (TPSA) is 74.3 Å². The largest absolute Gasteiger partial charge is 0.457 e. The number of para-hydroxylation sites is 1. The number of rotatable bonds is 6. The number of ether oxygens (including phenoxy) is 1. The van der Waals surface area contributed by atoms with E-state index in [4.69, 9.17) is 14.7 Å². The van der Waals surface area contributed by atoms with Gasteiger partial charge in [0.1, 0.15) is 17.3 Å². The van der Waals surface area contributed by atoms with Crippen LogP contribution in [0.5, 0.6) is 11.5 Å². The predicted molar refractivity (Wildman–Crippen MR) is 130 cm³/mol. The normalized spacial score (nSPS) is 16.1. The molecule has 3 aromatic carbocycles. The van der Waals surface area contributed by atoms with Crippen molar-refractivity contribution in [3.63, 3.8) is 0 Å². The Balaban J connectivity index is 1.24. The van der Waals surface area contributed by atoms with E-state index in [-0.39, 0.29) is 6.04 Å². The van der Waals surface area contributed by atoms with Crippen molar-refractivity contribution in [1.29, 1.82) is 0 Å². The quantitative estimate of drug-likeness (QED) is 0.374. The molecule has 7 nitrogen and oxygen atoms in total. The molecule has 2 aliphatic heterocycles. The molecular weight excluding hydrogens is 412 g/mol. The molecule has 3 N–H and O–H groups in total. The molecule has 4 aromatic rings. The second kappa shape index (κ2) is 8.44. The van der Waals surface area contributed by atoms with Gasteiger partial charge < -0.3 is 20.4 Å². The van der Waals surface area contributed by atoms with Gasteiger partial charge in [0.2, 0.25) is 5.95 Å². The van der Waals surface area contributed by atoms with Crippen molar-refractivity contribution < 1.29 is 4.74 Å². The van der Waals surface area contributed by atoms with Crippen LogP contribution < -0.4 is 25.8 Å². The van der Waals surface area contributed by atoms with E-state index in [9.17, 15) is 0 Å². The highest BCUT2D eigenvalue weighted by atomic mass is 16.5. The molecule has 0 radical (unpaired) electrons. The minimum Gasteiger partial charge on any atom is -0.457 e. The zero-order valence-electron chi connectivity index (χ0n) is 18.0. The van der Waals surface area contributed by atoms with Crippen molar-refractivity contribution in [3.05, 3.63) is 96.1 Å². The lowest BCUT2D eigenvalue weighted by Gasteiger charge is -2.32. The van der Waals surface area contributed by atoms with Crippen LogP contribution in [0.15, 0.2) is 84.9 Å². The first-order valence-electron chi connectivity index (χ1n) is 11.1. The van der Waals surface area contributed by atoms with Gasteiger partial charge in [-0.15, -0.1) is 0 Å². The fourth-order valence-electron chi connectivity index (χ4n) is 4.32. The van der Waals surface area contributed by atoms with Crippen LogP contribution in [0.25, 0.3) is 0 Å². The Kier molecular flexibility index (Phi) is 5.01. The molecule has 0 aliphatic carbocycles. The smallest absolute Gasteiger partial charge is 0.231 e. The lowest BCUT2D eigenvalue weighted by atomic mass is 10.0. The zero-order valence-corrected chi connectivity index (χ0v) is 18.0. The van der Waals surface area contributed by atoms with Gasteiger partial charge in [-0.05, 0) is 48.4 Å². The summed E-state index contributed by atoms with van der Waals surface area (Å²) in [5, 5.41) is 3.35. The van der Waals surface area contributed by atoms with Crippen molar-refractivity contribution in [3.8, 4) is 11.5 Å². The van der Waals surface area contributed by atoms with Crippen molar-refractivity contribution in [2.24, 2.45) is 0 Å². The molecular formula is C26H24N6O. The lowest BCUT2D eigenvalue weighted by Crippen LogP contribution is -2.34. The number of nitrogens with zero attached hydrogens (tertiary/aromatic N) is 3. The SMILES string of the molecule is c1ccc(CN2CCC3NNc4nc(Nc5ccc(Oc6ccccc6)cc5)nc2c43)cc1. The Morgan fingerprint density at radius 3 is 2.39 bits per heavy atom. The first kappa shape index (κ1) is 19.6. The van der Waals surface area contributed by atoms with Crippen LogP contribution >= 0.6 is 0 Å². The third kappa shape index (κ3) is 4.06. The third-order valence-electron chi connectivity index (χ3n) is 5.93. The van der Waals surface area contributed by atoms with Gasteiger partial charge in [-0.2, -0.15) is 9.97 Å². The second-order valence-corrected chi connectivity index (χ2v) is 8.22. The first-order valence-corrected chi connectivity index (χ1v) is 11.1. The van der Waals surface area contributed by atoms with Gasteiger partial charge in [0.05, 0.1) is 11.6 Å². The molecule has 1 unspecified atom stereocenters. The van der Waals surface area contributed by atoms with Crippen LogP contribution in [0.1, 0.15) is 23.6 Å². The monoisotopic (exact) mass is 436 g/mol. The van der Waals surface area contributed by atoms with Gasteiger partial charge in [-0.25, -0.2) is 5.43 Å². The minimum absolute atomic E-state index is 0.241. The van der Waals surface area contributed by atoms with Gasteiger partial charge in [0.15, 0.2) is 5.82 Å². The van der Waals surface area contributed by atoms with Gasteiger partial charge in [0.25, 0.3) is 0 Å². The summed E-state index contributed by atoms with van der Waals surface area (Å²) in [5.41, 5.74) is 9.90. The third-order valence-corrected chi connectivity index (χ3v) is 5.93. The van der Waals surface area contributed by atoms with E-state index in [1.54, 1.807) is 0 Å². The Labute approximate surface area is 192 Å². The molecule has 2 aliphatic rings. The number of hydrogen-bond donors (Lipinski definition) is 3. The first-order chi connectivity index (χ1) is 16.3.